The van der Waals surface area contributed by atoms with Crippen LogP contribution >= 0.6 is 0 Å². The van der Waals surface area contributed by atoms with Crippen molar-refractivity contribution in [3.8, 4) is 0 Å². The third-order valence-electron chi connectivity index (χ3n) is 2.76. The van der Waals surface area contributed by atoms with Gasteiger partial charge in [-0.2, -0.15) is 13.2 Å². The van der Waals surface area contributed by atoms with Crippen LogP contribution < -0.4 is 0 Å². The molecule has 0 aliphatic rings. The van der Waals surface area contributed by atoms with Crippen LogP contribution in [0.3, 0.4) is 0 Å². The Labute approximate surface area is 118 Å². The highest BCUT2D eigenvalue weighted by Gasteiger charge is 2.46. The van der Waals surface area contributed by atoms with Crippen LogP contribution in [0.2, 0.25) is 0 Å². The number of alkyl halides is 3. The monoisotopic (exact) mass is 305 g/mol. The Kier molecular flexibility index (Phi) is 5.71. The molecule has 0 fully saturated rings. The van der Waals surface area contributed by atoms with Gasteiger partial charge in [-0.3, -0.25) is 4.79 Å². The van der Waals surface area contributed by atoms with Gasteiger partial charge in [-0.15, -0.1) is 0 Å². The molecule has 1 amide bonds. The molecule has 1 aromatic carbocycles. The molecule has 1 atom stereocenters. The topological polar surface area (TPSA) is 77.8 Å². The number of aliphatic hydroxyl groups excluding tert-OH is 1. The number of aliphatic carboxylic acids is 1. The number of carbonyl (C=O) groups is 2. The minimum atomic E-state index is -5.18. The molecule has 0 aliphatic heterocycles. The van der Waals surface area contributed by atoms with E-state index in [9.17, 15) is 22.8 Å². The molecule has 0 aliphatic carbocycles. The van der Waals surface area contributed by atoms with Crippen LogP contribution in [0.1, 0.15) is 12.0 Å². The van der Waals surface area contributed by atoms with Crippen molar-refractivity contribution in [2.45, 2.75) is 25.2 Å². The summed E-state index contributed by atoms with van der Waals surface area (Å²) in [6, 6.07) is 5.98. The fourth-order valence-corrected chi connectivity index (χ4v) is 1.80. The van der Waals surface area contributed by atoms with Crippen molar-refractivity contribution < 1.29 is 33.0 Å². The zero-order chi connectivity index (χ0) is 16.0. The molecule has 1 rings (SSSR count). The van der Waals surface area contributed by atoms with E-state index in [1.165, 1.54) is 12.1 Å². The fraction of sp³-hybridized carbons (Fsp3) is 0.385. The van der Waals surface area contributed by atoms with E-state index in [1.54, 1.807) is 18.2 Å². The lowest BCUT2D eigenvalue weighted by atomic mass is 10.1. The van der Waals surface area contributed by atoms with E-state index in [0.717, 1.165) is 0 Å². The molecule has 0 spiro atoms. The van der Waals surface area contributed by atoms with Crippen LogP contribution in [-0.2, 0) is 16.1 Å². The largest absolute Gasteiger partial charge is 0.480 e. The summed E-state index contributed by atoms with van der Waals surface area (Å²) in [7, 11) is 0. The summed E-state index contributed by atoms with van der Waals surface area (Å²) in [4.78, 5) is 22.7. The van der Waals surface area contributed by atoms with Crippen LogP contribution in [0.4, 0.5) is 13.2 Å². The van der Waals surface area contributed by atoms with E-state index in [4.69, 9.17) is 10.2 Å². The van der Waals surface area contributed by atoms with Gasteiger partial charge in [0.2, 0.25) is 0 Å². The first kappa shape index (κ1) is 17.0. The quantitative estimate of drug-likeness (QED) is 0.833. The van der Waals surface area contributed by atoms with Crippen molar-refractivity contribution in [3.05, 3.63) is 35.9 Å². The van der Waals surface area contributed by atoms with Crippen LogP contribution in [0.25, 0.3) is 0 Å². The van der Waals surface area contributed by atoms with Crippen LogP contribution in [0, 0.1) is 0 Å². The maximum Gasteiger partial charge on any atom is 0.471 e. The molecule has 1 aromatic rings. The third-order valence-corrected chi connectivity index (χ3v) is 2.76. The first-order chi connectivity index (χ1) is 9.77. The normalized spacial score (nSPS) is 12.8. The number of halogens is 3. The van der Waals surface area contributed by atoms with Crippen molar-refractivity contribution in [1.82, 2.24) is 4.90 Å². The van der Waals surface area contributed by atoms with Gasteiger partial charge in [0.1, 0.15) is 6.04 Å². The predicted octanol–water partition coefficient (Wildman–Crippen LogP) is 1.41. The van der Waals surface area contributed by atoms with Crippen molar-refractivity contribution >= 4 is 11.9 Å². The number of benzene rings is 1. The summed E-state index contributed by atoms with van der Waals surface area (Å²) in [6.45, 7) is -1.15. The molecule has 21 heavy (non-hydrogen) atoms. The number of hydrogen-bond donors (Lipinski definition) is 2. The van der Waals surface area contributed by atoms with Gasteiger partial charge in [-0.1, -0.05) is 30.3 Å². The first-order valence-corrected chi connectivity index (χ1v) is 6.02. The van der Waals surface area contributed by atoms with Gasteiger partial charge in [0, 0.05) is 19.6 Å². The molecule has 5 nitrogen and oxygen atoms in total. The molecular formula is C13H14F3NO4. The van der Waals surface area contributed by atoms with Gasteiger partial charge in [0.25, 0.3) is 0 Å². The summed E-state index contributed by atoms with van der Waals surface area (Å²) in [5.41, 5.74) is 0.360. The molecule has 0 unspecified atom stereocenters. The standard InChI is InChI=1S/C13H14F3NO4/c14-13(15,16)12(21)17(10(6-7-18)11(19)20)8-9-4-2-1-3-5-9/h1-5,10,18H,6-8H2,(H,19,20)/t10-/m0/s1. The molecule has 0 saturated carbocycles. The van der Waals surface area contributed by atoms with E-state index in [1.807, 2.05) is 0 Å². The number of aliphatic hydroxyl groups is 1. The second-order valence-corrected chi connectivity index (χ2v) is 4.28. The Hall–Kier alpha value is -2.09. The number of hydrogen-bond acceptors (Lipinski definition) is 3. The average Bonchev–Trinajstić information content (AvgIpc) is 2.41. The molecule has 2 N–H and O–H groups in total. The highest BCUT2D eigenvalue weighted by molar-refractivity contribution is 5.87. The Morgan fingerprint density at radius 3 is 2.19 bits per heavy atom. The molecule has 8 heteroatoms. The van der Waals surface area contributed by atoms with Crippen LogP contribution in [0.5, 0.6) is 0 Å². The summed E-state index contributed by atoms with van der Waals surface area (Å²) in [5, 5.41) is 17.8. The van der Waals surface area contributed by atoms with E-state index in [2.05, 4.69) is 0 Å². The first-order valence-electron chi connectivity index (χ1n) is 6.02. The van der Waals surface area contributed by atoms with Crippen molar-refractivity contribution in [3.63, 3.8) is 0 Å². The van der Waals surface area contributed by atoms with Crippen molar-refractivity contribution in [2.75, 3.05) is 6.61 Å². The average molecular weight is 305 g/mol. The van der Waals surface area contributed by atoms with E-state index >= 15 is 0 Å². The molecule has 0 bridgehead atoms. The lowest BCUT2D eigenvalue weighted by Crippen LogP contribution is -2.50. The van der Waals surface area contributed by atoms with Gasteiger partial charge in [-0.05, 0) is 5.56 Å². The molecule has 0 heterocycles. The van der Waals surface area contributed by atoms with Crippen molar-refractivity contribution in [2.24, 2.45) is 0 Å². The Morgan fingerprint density at radius 1 is 1.19 bits per heavy atom. The summed E-state index contributed by atoms with van der Waals surface area (Å²) in [5.74, 6) is -3.84. The lowest BCUT2D eigenvalue weighted by Gasteiger charge is -2.29. The van der Waals surface area contributed by atoms with Gasteiger partial charge in [0.05, 0.1) is 0 Å². The SMILES string of the molecule is O=C(O)[C@H](CCO)N(Cc1ccccc1)C(=O)C(F)(F)F. The highest BCUT2D eigenvalue weighted by atomic mass is 19.4. The van der Waals surface area contributed by atoms with Gasteiger partial charge < -0.3 is 15.1 Å². The minimum absolute atomic E-state index is 0.216. The minimum Gasteiger partial charge on any atom is -0.480 e. The zero-order valence-electron chi connectivity index (χ0n) is 10.9. The van der Waals surface area contributed by atoms with Gasteiger partial charge >= 0.3 is 18.1 Å². The zero-order valence-corrected chi connectivity index (χ0v) is 10.9. The smallest absolute Gasteiger partial charge is 0.471 e. The number of rotatable bonds is 6. The number of carboxylic acid groups (broad SMARTS) is 1. The van der Waals surface area contributed by atoms with E-state index in [-0.39, 0.29) is 4.90 Å². The van der Waals surface area contributed by atoms with Crippen molar-refractivity contribution in [1.29, 1.82) is 0 Å². The maximum atomic E-state index is 12.6. The molecule has 0 saturated heterocycles. The van der Waals surface area contributed by atoms with Gasteiger partial charge in [0.15, 0.2) is 0 Å². The molecule has 116 valence electrons. The van der Waals surface area contributed by atoms with E-state index < -0.39 is 43.7 Å². The third kappa shape index (κ3) is 4.75. The maximum absolute atomic E-state index is 12.6. The highest BCUT2D eigenvalue weighted by Crippen LogP contribution is 2.23. The number of carboxylic acids is 1. The fourth-order valence-electron chi connectivity index (χ4n) is 1.80. The second kappa shape index (κ2) is 7.07. The van der Waals surface area contributed by atoms with E-state index in [0.29, 0.717) is 5.56 Å². The summed E-state index contributed by atoms with van der Waals surface area (Å²) in [6.07, 6.45) is -5.66. The van der Waals surface area contributed by atoms with Gasteiger partial charge in [-0.25, -0.2) is 4.79 Å². The second-order valence-electron chi connectivity index (χ2n) is 4.28. The predicted molar refractivity (Wildman–Crippen MR) is 66.2 cm³/mol. The van der Waals surface area contributed by atoms with Crippen LogP contribution in [-0.4, -0.2) is 45.8 Å². The van der Waals surface area contributed by atoms with Crippen LogP contribution in [0.15, 0.2) is 30.3 Å². The lowest BCUT2D eigenvalue weighted by molar-refractivity contribution is -0.191. The molecule has 0 aromatic heterocycles. The summed E-state index contributed by atoms with van der Waals surface area (Å²) >= 11 is 0. The Bertz CT molecular complexity index is 490. The summed E-state index contributed by atoms with van der Waals surface area (Å²) < 4.78 is 37.9. The Morgan fingerprint density at radius 2 is 1.76 bits per heavy atom. The molecule has 0 radical (unpaired) electrons. The number of amides is 1. The number of nitrogens with zero attached hydrogens (tertiary/aromatic N) is 1. The molecular weight excluding hydrogens is 291 g/mol. The number of carbonyl (C=O) groups excluding carboxylic acids is 1. The Balaban J connectivity index is 3.09.